The maximum atomic E-state index is 12.9. The molecule has 0 spiro atoms. The lowest BCUT2D eigenvalue weighted by Crippen LogP contribution is -2.19. The average molecular weight is 490 g/mol. The Labute approximate surface area is 202 Å². The number of amides is 2. The number of nitrogens with one attached hydrogen (secondary N) is 3. The fraction of sp³-hybridized carbons (Fsp3) is 0.0400. The molecule has 0 bridgehead atoms. The molecule has 8 nitrogen and oxygen atoms in total. The number of rotatable bonds is 5. The van der Waals surface area contributed by atoms with Gasteiger partial charge in [-0.15, -0.1) is 0 Å². The molecule has 0 saturated carbocycles. The fourth-order valence-corrected chi connectivity index (χ4v) is 3.42. The number of carbonyl (C=O) groups excluding carboxylic acids is 1. The van der Waals surface area contributed by atoms with Gasteiger partial charge in [0.05, 0.1) is 34.7 Å². The summed E-state index contributed by atoms with van der Waals surface area (Å²) in [5.41, 5.74) is 2.33. The zero-order valence-electron chi connectivity index (χ0n) is 18.4. The molecule has 3 aromatic carbocycles. The van der Waals surface area contributed by atoms with Crippen molar-refractivity contribution in [1.29, 1.82) is 0 Å². The summed E-state index contributed by atoms with van der Waals surface area (Å²) in [6.07, 6.45) is 0.526. The lowest BCUT2D eigenvalue weighted by atomic mass is 10.2. The number of hydrogen-bond acceptors (Lipinski definition) is 5. The van der Waals surface area contributed by atoms with E-state index in [0.717, 1.165) is 17.7 Å². The largest absolute Gasteiger partial charge is 0.457 e. The Morgan fingerprint density at radius 2 is 1.61 bits per heavy atom. The van der Waals surface area contributed by atoms with E-state index < -0.39 is 17.8 Å². The van der Waals surface area contributed by atoms with Crippen LogP contribution >= 0.6 is 0 Å². The van der Waals surface area contributed by atoms with Gasteiger partial charge in [0.1, 0.15) is 11.5 Å². The van der Waals surface area contributed by atoms with Crippen LogP contribution in [0.15, 0.2) is 85.3 Å². The van der Waals surface area contributed by atoms with Crippen molar-refractivity contribution in [3.63, 3.8) is 0 Å². The van der Waals surface area contributed by atoms with Crippen molar-refractivity contribution >= 4 is 28.4 Å². The number of fused-ring (bicyclic) bond motifs is 1. The highest BCUT2D eigenvalue weighted by molar-refractivity contribution is 5.99. The van der Waals surface area contributed by atoms with Crippen LogP contribution < -0.4 is 15.4 Å². The van der Waals surface area contributed by atoms with E-state index in [9.17, 15) is 18.0 Å². The van der Waals surface area contributed by atoms with Crippen LogP contribution in [0.3, 0.4) is 0 Å². The molecule has 11 heteroatoms. The number of alkyl halides is 3. The highest BCUT2D eigenvalue weighted by Gasteiger charge is 2.30. The van der Waals surface area contributed by atoms with Gasteiger partial charge in [0.2, 0.25) is 0 Å². The van der Waals surface area contributed by atoms with Gasteiger partial charge in [-0.05, 0) is 42.5 Å². The summed E-state index contributed by atoms with van der Waals surface area (Å²) in [6, 6.07) is 15.5. The highest BCUT2D eigenvalue weighted by Crippen LogP contribution is 2.31. The smallest absolute Gasteiger partial charge is 0.416 e. The van der Waals surface area contributed by atoms with Crippen molar-refractivity contribution in [2.75, 3.05) is 10.6 Å². The summed E-state index contributed by atoms with van der Waals surface area (Å²) in [5, 5.41) is 11.6. The van der Waals surface area contributed by atoms with Gasteiger partial charge >= 0.3 is 12.2 Å². The molecule has 5 rings (SSSR count). The molecule has 0 radical (unpaired) electrons. The summed E-state index contributed by atoms with van der Waals surface area (Å²) in [5.74, 6) is 0.942. The minimum Gasteiger partial charge on any atom is -0.457 e. The Hall–Kier alpha value is -4.93. The molecule has 0 saturated heterocycles. The minimum absolute atomic E-state index is 0.0155. The zero-order valence-corrected chi connectivity index (χ0v) is 18.4. The average Bonchev–Trinajstić information content (AvgIpc) is 3.38. The van der Waals surface area contributed by atoms with Crippen LogP contribution in [0.4, 0.5) is 29.3 Å². The van der Waals surface area contributed by atoms with Gasteiger partial charge in [0.15, 0.2) is 0 Å². The van der Waals surface area contributed by atoms with Gasteiger partial charge < -0.3 is 15.4 Å². The molecule has 0 atom stereocenters. The van der Waals surface area contributed by atoms with Crippen LogP contribution in [0.25, 0.3) is 22.3 Å². The predicted octanol–water partition coefficient (Wildman–Crippen LogP) is 6.48. The van der Waals surface area contributed by atoms with Gasteiger partial charge in [-0.2, -0.15) is 18.3 Å². The molecule has 0 aliphatic carbocycles. The molecule has 0 unspecified atom stereocenters. The lowest BCUT2D eigenvalue weighted by molar-refractivity contribution is -0.137. The molecular formula is C25H17F3N6O2. The Balaban J connectivity index is 1.28. The maximum absolute atomic E-state index is 12.9. The third-order valence-electron chi connectivity index (χ3n) is 5.08. The van der Waals surface area contributed by atoms with Crippen molar-refractivity contribution in [2.45, 2.75) is 6.18 Å². The quantitative estimate of drug-likeness (QED) is 0.262. The minimum atomic E-state index is -4.50. The van der Waals surface area contributed by atoms with Gasteiger partial charge in [0, 0.05) is 35.3 Å². The number of H-pyrrole nitrogens is 1. The molecule has 0 aliphatic heterocycles. The first-order valence-electron chi connectivity index (χ1n) is 10.6. The van der Waals surface area contributed by atoms with Crippen LogP contribution in [-0.4, -0.2) is 26.2 Å². The highest BCUT2D eigenvalue weighted by atomic mass is 19.4. The molecule has 2 amide bonds. The molecule has 5 aromatic rings. The van der Waals surface area contributed by atoms with Crippen LogP contribution in [0.5, 0.6) is 11.5 Å². The van der Waals surface area contributed by atoms with Crippen LogP contribution in [0.2, 0.25) is 0 Å². The second-order valence-electron chi connectivity index (χ2n) is 7.68. The van der Waals surface area contributed by atoms with Crippen LogP contribution in [0.1, 0.15) is 5.56 Å². The van der Waals surface area contributed by atoms with Crippen LogP contribution in [0, 0.1) is 0 Å². The summed E-state index contributed by atoms with van der Waals surface area (Å²) < 4.78 is 44.6. The van der Waals surface area contributed by atoms with Gasteiger partial charge in [-0.3, -0.25) is 10.1 Å². The van der Waals surface area contributed by atoms with Gasteiger partial charge in [-0.25, -0.2) is 9.78 Å². The van der Waals surface area contributed by atoms with E-state index in [1.807, 2.05) is 0 Å². The topological polar surface area (TPSA) is 105 Å². The fourth-order valence-electron chi connectivity index (χ4n) is 3.42. The molecule has 2 aromatic heterocycles. The van der Waals surface area contributed by atoms with E-state index in [1.165, 1.54) is 12.1 Å². The number of hydrogen-bond donors (Lipinski definition) is 3. The zero-order chi connectivity index (χ0) is 25.1. The van der Waals surface area contributed by atoms with E-state index in [1.54, 1.807) is 61.1 Å². The molecule has 2 heterocycles. The van der Waals surface area contributed by atoms with Crippen molar-refractivity contribution in [3.05, 3.63) is 90.9 Å². The summed E-state index contributed by atoms with van der Waals surface area (Å²) in [6.45, 7) is 0. The van der Waals surface area contributed by atoms with Gasteiger partial charge in [-0.1, -0.05) is 12.1 Å². The first-order chi connectivity index (χ1) is 17.3. The number of carbonyl (C=O) groups is 1. The molecule has 3 N–H and O–H groups in total. The van der Waals surface area contributed by atoms with Crippen molar-refractivity contribution in [1.82, 2.24) is 20.2 Å². The van der Waals surface area contributed by atoms with Gasteiger partial charge in [0.25, 0.3) is 0 Å². The normalized spacial score (nSPS) is 11.3. The van der Waals surface area contributed by atoms with Crippen LogP contribution in [-0.2, 0) is 6.18 Å². The number of aromatic nitrogens is 4. The second-order valence-corrected chi connectivity index (χ2v) is 7.68. The number of anilines is 2. The number of benzene rings is 3. The number of nitrogens with zero attached hydrogens (tertiary/aromatic N) is 3. The summed E-state index contributed by atoms with van der Waals surface area (Å²) in [4.78, 5) is 21.3. The monoisotopic (exact) mass is 490 g/mol. The molecule has 36 heavy (non-hydrogen) atoms. The van der Waals surface area contributed by atoms with E-state index in [4.69, 9.17) is 4.74 Å². The summed E-state index contributed by atoms with van der Waals surface area (Å²) in [7, 11) is 0. The maximum Gasteiger partial charge on any atom is 0.416 e. The van der Waals surface area contributed by atoms with Crippen molar-refractivity contribution in [2.24, 2.45) is 0 Å². The summed E-state index contributed by atoms with van der Waals surface area (Å²) >= 11 is 0. The number of urea groups is 1. The first kappa shape index (κ1) is 22.8. The standard InChI is InChI=1S/C25H17F3N6O2/c26-25(27,28)16-3-1-4-17(9-16)32-24(35)33-18-5-2-6-19(10-18)36-20-7-8-21-22(11-20)34-23(14-29-21)15-12-30-31-13-15/h1-14H,(H,30,31)(H2,32,33,35). The first-order valence-corrected chi connectivity index (χ1v) is 10.6. The van der Waals surface area contributed by atoms with Crippen molar-refractivity contribution in [3.8, 4) is 22.8 Å². The van der Waals surface area contributed by atoms with E-state index >= 15 is 0 Å². The molecule has 180 valence electrons. The lowest BCUT2D eigenvalue weighted by Gasteiger charge is -2.12. The molecule has 0 fully saturated rings. The third-order valence-corrected chi connectivity index (χ3v) is 5.08. The Morgan fingerprint density at radius 3 is 2.36 bits per heavy atom. The molecule has 0 aliphatic rings. The van der Waals surface area contributed by atoms with E-state index in [2.05, 4.69) is 30.8 Å². The number of ether oxygens (including phenoxy) is 1. The third kappa shape index (κ3) is 5.25. The Kier molecular flexibility index (Phi) is 5.95. The SMILES string of the molecule is O=C(Nc1cccc(Oc2ccc3ncc(-c4cn[nH]c4)nc3c2)c1)Nc1cccc(C(F)(F)F)c1. The van der Waals surface area contributed by atoms with Crippen molar-refractivity contribution < 1.29 is 22.7 Å². The number of aromatic amines is 1. The Bertz CT molecular complexity index is 1540. The van der Waals surface area contributed by atoms with E-state index in [-0.39, 0.29) is 5.69 Å². The predicted molar refractivity (Wildman–Crippen MR) is 128 cm³/mol. The second kappa shape index (κ2) is 9.37. The molecular weight excluding hydrogens is 473 g/mol. The Morgan fingerprint density at radius 1 is 0.861 bits per heavy atom. The van der Waals surface area contributed by atoms with E-state index in [0.29, 0.717) is 33.9 Å². The number of halogens is 3.